The first-order valence-corrected chi connectivity index (χ1v) is 8.58. The van der Waals surface area contributed by atoms with Gasteiger partial charge in [0, 0.05) is 32.8 Å². The van der Waals surface area contributed by atoms with Gasteiger partial charge in [-0.2, -0.15) is 14.7 Å². The zero-order valence-electron chi connectivity index (χ0n) is 14.6. The van der Waals surface area contributed by atoms with Crippen molar-refractivity contribution in [3.63, 3.8) is 0 Å². The summed E-state index contributed by atoms with van der Waals surface area (Å²) >= 11 is 0. The van der Waals surface area contributed by atoms with E-state index in [9.17, 15) is 0 Å². The number of aromatic nitrogens is 6. The van der Waals surface area contributed by atoms with Crippen LogP contribution in [0.1, 0.15) is 30.1 Å². The Kier molecular flexibility index (Phi) is 4.27. The highest BCUT2D eigenvalue weighted by Gasteiger charge is 2.25. The second kappa shape index (κ2) is 6.72. The zero-order chi connectivity index (χ0) is 17.2. The Balaban J connectivity index is 1.47. The van der Waals surface area contributed by atoms with Crippen LogP contribution in [-0.2, 0) is 6.54 Å². The summed E-state index contributed by atoms with van der Waals surface area (Å²) in [4.78, 5) is 4.45. The molecule has 0 radical (unpaired) electrons. The maximum absolute atomic E-state index is 4.69. The minimum Gasteiger partial charge on any atom is -0.361 e. The van der Waals surface area contributed by atoms with Crippen LogP contribution in [0.3, 0.4) is 0 Å². The van der Waals surface area contributed by atoms with Crippen molar-refractivity contribution in [1.29, 1.82) is 0 Å². The molecule has 8 nitrogen and oxygen atoms in total. The number of nitrogens with zero attached hydrogens (tertiary/aromatic N) is 8. The number of rotatable bonds is 4. The van der Waals surface area contributed by atoms with Crippen molar-refractivity contribution in [3.8, 4) is 0 Å². The van der Waals surface area contributed by atoms with Crippen LogP contribution in [0, 0.1) is 0 Å². The lowest BCUT2D eigenvalue weighted by Gasteiger charge is -2.30. The summed E-state index contributed by atoms with van der Waals surface area (Å²) < 4.78 is 1.91. The van der Waals surface area contributed by atoms with Gasteiger partial charge in [-0.05, 0) is 49.7 Å². The normalized spacial score (nSPS) is 16.4. The quantitative estimate of drug-likeness (QED) is 0.711. The number of hydrogen-bond acceptors (Lipinski definition) is 7. The Morgan fingerprint density at radius 2 is 1.92 bits per heavy atom. The minimum atomic E-state index is 0.395. The average Bonchev–Trinajstić information content (AvgIpc) is 3.06. The molecule has 25 heavy (non-hydrogen) atoms. The molecule has 0 bridgehead atoms. The van der Waals surface area contributed by atoms with Crippen molar-refractivity contribution in [1.82, 2.24) is 34.9 Å². The van der Waals surface area contributed by atoms with Crippen molar-refractivity contribution in [2.45, 2.75) is 25.3 Å². The molecular weight excluding hydrogens is 316 g/mol. The molecule has 1 fully saturated rings. The van der Waals surface area contributed by atoms with Gasteiger partial charge in [0.1, 0.15) is 5.82 Å². The Morgan fingerprint density at radius 1 is 1.08 bits per heavy atom. The average molecular weight is 338 g/mol. The first-order chi connectivity index (χ1) is 12.2. The van der Waals surface area contributed by atoms with Crippen molar-refractivity contribution in [2.75, 3.05) is 32.1 Å². The van der Waals surface area contributed by atoms with Gasteiger partial charge in [-0.15, -0.1) is 15.3 Å². The van der Waals surface area contributed by atoms with Gasteiger partial charge in [0.15, 0.2) is 11.5 Å². The summed E-state index contributed by atoms with van der Waals surface area (Å²) in [5, 5.41) is 21.2. The molecular formula is C17H22N8. The fourth-order valence-electron chi connectivity index (χ4n) is 3.31. The molecule has 130 valence electrons. The number of piperidine rings is 1. The van der Waals surface area contributed by atoms with Gasteiger partial charge < -0.3 is 4.90 Å². The Bertz CT molecular complexity index is 836. The predicted octanol–water partition coefficient (Wildman–Crippen LogP) is 1.36. The van der Waals surface area contributed by atoms with Crippen LogP contribution in [0.15, 0.2) is 30.6 Å². The van der Waals surface area contributed by atoms with Gasteiger partial charge in [-0.3, -0.25) is 4.90 Å². The molecule has 1 aliphatic heterocycles. The highest BCUT2D eigenvalue weighted by Crippen LogP contribution is 2.27. The first-order valence-electron chi connectivity index (χ1n) is 8.58. The van der Waals surface area contributed by atoms with Crippen LogP contribution in [0.5, 0.6) is 0 Å². The molecule has 3 aromatic heterocycles. The van der Waals surface area contributed by atoms with Gasteiger partial charge in [-0.1, -0.05) is 0 Å². The lowest BCUT2D eigenvalue weighted by molar-refractivity contribution is 0.200. The lowest BCUT2D eigenvalue weighted by Crippen LogP contribution is -2.33. The predicted molar refractivity (Wildman–Crippen MR) is 94.4 cm³/mol. The maximum atomic E-state index is 4.69. The van der Waals surface area contributed by atoms with Crippen LogP contribution in [0.25, 0.3) is 5.65 Å². The van der Waals surface area contributed by atoms with Gasteiger partial charge in [-0.25, -0.2) is 0 Å². The van der Waals surface area contributed by atoms with E-state index in [1.54, 1.807) is 6.20 Å². The van der Waals surface area contributed by atoms with Crippen LogP contribution >= 0.6 is 0 Å². The highest BCUT2D eigenvalue weighted by atomic mass is 15.4. The lowest BCUT2D eigenvalue weighted by atomic mass is 9.96. The summed E-state index contributed by atoms with van der Waals surface area (Å²) in [5.41, 5.74) is 2.02. The summed E-state index contributed by atoms with van der Waals surface area (Å²) in [6.07, 6.45) is 5.71. The minimum absolute atomic E-state index is 0.395. The third-order valence-electron chi connectivity index (χ3n) is 4.74. The molecule has 0 aromatic carbocycles. The Morgan fingerprint density at radius 3 is 2.64 bits per heavy atom. The molecule has 0 aliphatic carbocycles. The number of hydrogen-bond donors (Lipinski definition) is 0. The van der Waals surface area contributed by atoms with E-state index < -0.39 is 0 Å². The molecule has 0 atom stereocenters. The molecule has 8 heteroatoms. The fourth-order valence-corrected chi connectivity index (χ4v) is 3.31. The smallest absolute Gasteiger partial charge is 0.178 e. The molecule has 0 spiro atoms. The van der Waals surface area contributed by atoms with Crippen LogP contribution in [0.2, 0.25) is 0 Å². The molecule has 3 aromatic rings. The number of likely N-dealkylation sites (tertiary alicyclic amines) is 1. The Labute approximate surface area is 146 Å². The summed E-state index contributed by atoms with van der Waals surface area (Å²) in [5.74, 6) is 2.28. The van der Waals surface area contributed by atoms with Gasteiger partial charge in [0.25, 0.3) is 0 Å². The van der Waals surface area contributed by atoms with E-state index in [0.29, 0.717) is 5.92 Å². The van der Waals surface area contributed by atoms with Crippen molar-refractivity contribution in [3.05, 3.63) is 42.0 Å². The Hall–Kier alpha value is -2.61. The van der Waals surface area contributed by atoms with Gasteiger partial charge in [0.05, 0.1) is 6.20 Å². The van der Waals surface area contributed by atoms with Crippen molar-refractivity contribution < 1.29 is 0 Å². The van der Waals surface area contributed by atoms with Crippen LogP contribution in [0.4, 0.5) is 5.82 Å². The van der Waals surface area contributed by atoms with E-state index in [4.69, 9.17) is 0 Å². The highest BCUT2D eigenvalue weighted by molar-refractivity contribution is 5.45. The molecule has 0 amide bonds. The van der Waals surface area contributed by atoms with Crippen LogP contribution < -0.4 is 4.90 Å². The van der Waals surface area contributed by atoms with Crippen LogP contribution in [-0.4, -0.2) is 62.1 Å². The summed E-state index contributed by atoms with van der Waals surface area (Å²) in [6, 6.07) is 5.97. The van der Waals surface area contributed by atoms with Gasteiger partial charge >= 0.3 is 0 Å². The summed E-state index contributed by atoms with van der Waals surface area (Å²) in [7, 11) is 3.98. The van der Waals surface area contributed by atoms with Crippen molar-refractivity contribution >= 4 is 11.5 Å². The number of fused-ring (bicyclic) bond motifs is 1. The molecule has 0 N–H and O–H groups in total. The first kappa shape index (κ1) is 15.9. The summed E-state index contributed by atoms with van der Waals surface area (Å²) in [6.45, 7) is 3.00. The van der Waals surface area contributed by atoms with E-state index >= 15 is 0 Å². The molecule has 0 unspecified atom stereocenters. The third kappa shape index (κ3) is 3.30. The van der Waals surface area contributed by atoms with E-state index in [-0.39, 0.29) is 0 Å². The third-order valence-corrected chi connectivity index (χ3v) is 4.74. The monoisotopic (exact) mass is 338 g/mol. The zero-order valence-corrected chi connectivity index (χ0v) is 14.6. The molecule has 1 aliphatic rings. The SMILES string of the molecule is CN(C)c1ccc2nnc(C3CCN(Cc4ccnnc4)CC3)n2n1. The molecule has 4 rings (SSSR count). The molecule has 0 saturated carbocycles. The number of anilines is 1. The van der Waals surface area contributed by atoms with Crippen molar-refractivity contribution in [2.24, 2.45) is 0 Å². The molecule has 1 saturated heterocycles. The largest absolute Gasteiger partial charge is 0.361 e. The van der Waals surface area contributed by atoms with Gasteiger partial charge in [0.2, 0.25) is 0 Å². The topological polar surface area (TPSA) is 75.3 Å². The fraction of sp³-hybridized carbons (Fsp3) is 0.471. The second-order valence-electron chi connectivity index (χ2n) is 6.72. The maximum Gasteiger partial charge on any atom is 0.178 e. The van der Waals surface area contributed by atoms with E-state index in [2.05, 4.69) is 30.4 Å². The van der Waals surface area contributed by atoms with E-state index in [0.717, 1.165) is 49.8 Å². The standard InChI is InChI=1S/C17H22N8/c1-23(2)16-4-3-15-20-21-17(25(15)22-16)14-6-9-24(10-7-14)12-13-5-8-18-19-11-13/h3-5,8,11,14H,6-7,9-10,12H2,1-2H3. The second-order valence-corrected chi connectivity index (χ2v) is 6.72. The van der Waals surface area contributed by atoms with E-state index in [1.807, 2.05) is 47.9 Å². The van der Waals surface area contributed by atoms with E-state index in [1.165, 1.54) is 5.56 Å². The molecule has 4 heterocycles.